The maximum Gasteiger partial charge on any atom is 0.260 e. The SMILES string of the molecule is CCOC1CSC2(C1)CN(C(=O)COc1ccc(F)cc1)C2. The summed E-state index contributed by atoms with van der Waals surface area (Å²) in [5.41, 5.74) is 0. The summed E-state index contributed by atoms with van der Waals surface area (Å²) >= 11 is 1.92. The molecule has 22 heavy (non-hydrogen) atoms. The molecule has 2 aliphatic rings. The van der Waals surface area contributed by atoms with E-state index in [1.807, 2.05) is 23.6 Å². The molecule has 2 fully saturated rings. The van der Waals surface area contributed by atoms with Crippen LogP contribution in [-0.2, 0) is 9.53 Å². The van der Waals surface area contributed by atoms with Gasteiger partial charge >= 0.3 is 0 Å². The number of amides is 1. The van der Waals surface area contributed by atoms with Gasteiger partial charge in [0, 0.05) is 25.4 Å². The van der Waals surface area contributed by atoms with Gasteiger partial charge in [-0.1, -0.05) is 0 Å². The molecule has 6 heteroatoms. The Morgan fingerprint density at radius 1 is 1.41 bits per heavy atom. The van der Waals surface area contributed by atoms with Crippen LogP contribution in [0.5, 0.6) is 5.75 Å². The van der Waals surface area contributed by atoms with Crippen molar-refractivity contribution in [2.24, 2.45) is 0 Å². The normalized spacial score (nSPS) is 22.6. The number of likely N-dealkylation sites (tertiary alicyclic amines) is 1. The molecule has 0 saturated carbocycles. The molecule has 0 aliphatic carbocycles. The molecule has 0 radical (unpaired) electrons. The highest BCUT2D eigenvalue weighted by Crippen LogP contribution is 2.45. The number of carbonyl (C=O) groups is 1. The van der Waals surface area contributed by atoms with Crippen LogP contribution in [0.1, 0.15) is 13.3 Å². The van der Waals surface area contributed by atoms with Crippen LogP contribution in [0.2, 0.25) is 0 Å². The fourth-order valence-electron chi connectivity index (χ4n) is 2.96. The van der Waals surface area contributed by atoms with Gasteiger partial charge in [0.15, 0.2) is 6.61 Å². The third-order valence-corrected chi connectivity index (χ3v) is 5.64. The van der Waals surface area contributed by atoms with Crippen LogP contribution in [0.25, 0.3) is 0 Å². The molecule has 0 aromatic heterocycles. The van der Waals surface area contributed by atoms with Crippen molar-refractivity contribution < 1.29 is 18.7 Å². The van der Waals surface area contributed by atoms with Crippen molar-refractivity contribution in [2.75, 3.05) is 32.1 Å². The number of benzene rings is 1. The smallest absolute Gasteiger partial charge is 0.260 e. The monoisotopic (exact) mass is 325 g/mol. The van der Waals surface area contributed by atoms with E-state index in [9.17, 15) is 9.18 Å². The van der Waals surface area contributed by atoms with Crippen molar-refractivity contribution in [1.82, 2.24) is 4.90 Å². The molecule has 1 atom stereocenters. The minimum absolute atomic E-state index is 0.00126. The van der Waals surface area contributed by atoms with Gasteiger partial charge in [0.05, 0.1) is 10.9 Å². The van der Waals surface area contributed by atoms with Crippen molar-refractivity contribution in [3.8, 4) is 5.75 Å². The van der Waals surface area contributed by atoms with Crippen LogP contribution in [-0.4, -0.2) is 53.7 Å². The molecule has 0 N–H and O–H groups in total. The van der Waals surface area contributed by atoms with E-state index >= 15 is 0 Å². The number of rotatable bonds is 5. The molecule has 2 heterocycles. The quantitative estimate of drug-likeness (QED) is 0.833. The zero-order chi connectivity index (χ0) is 15.6. The van der Waals surface area contributed by atoms with Gasteiger partial charge in [-0.3, -0.25) is 4.79 Å². The van der Waals surface area contributed by atoms with Crippen LogP contribution in [0, 0.1) is 5.82 Å². The molecule has 1 unspecified atom stereocenters. The largest absolute Gasteiger partial charge is 0.484 e. The van der Waals surface area contributed by atoms with E-state index < -0.39 is 0 Å². The Kier molecular flexibility index (Phi) is 4.59. The zero-order valence-electron chi connectivity index (χ0n) is 12.6. The predicted molar refractivity (Wildman–Crippen MR) is 83.7 cm³/mol. The lowest BCUT2D eigenvalue weighted by Crippen LogP contribution is -2.61. The van der Waals surface area contributed by atoms with Gasteiger partial charge in [-0.25, -0.2) is 4.39 Å². The summed E-state index contributed by atoms with van der Waals surface area (Å²) in [5, 5.41) is 0. The number of hydrogen-bond acceptors (Lipinski definition) is 4. The maximum absolute atomic E-state index is 12.8. The Bertz CT molecular complexity index is 531. The minimum atomic E-state index is -0.314. The summed E-state index contributed by atoms with van der Waals surface area (Å²) < 4.78 is 24.0. The van der Waals surface area contributed by atoms with E-state index in [1.54, 1.807) is 0 Å². The Morgan fingerprint density at radius 2 is 2.14 bits per heavy atom. The van der Waals surface area contributed by atoms with Gasteiger partial charge in [-0.05, 0) is 37.6 Å². The molecular weight excluding hydrogens is 305 g/mol. The van der Waals surface area contributed by atoms with Crippen LogP contribution < -0.4 is 4.74 Å². The van der Waals surface area contributed by atoms with Crippen LogP contribution in [0.3, 0.4) is 0 Å². The van der Waals surface area contributed by atoms with E-state index in [4.69, 9.17) is 9.47 Å². The fraction of sp³-hybridized carbons (Fsp3) is 0.562. The summed E-state index contributed by atoms with van der Waals surface area (Å²) in [6.07, 6.45) is 1.34. The fourth-order valence-corrected chi connectivity index (χ4v) is 4.51. The number of thioether (sulfide) groups is 1. The van der Waals surface area contributed by atoms with Gasteiger partial charge in [0.1, 0.15) is 11.6 Å². The first-order chi connectivity index (χ1) is 10.6. The van der Waals surface area contributed by atoms with Crippen molar-refractivity contribution in [2.45, 2.75) is 24.2 Å². The number of ether oxygens (including phenoxy) is 2. The molecule has 120 valence electrons. The van der Waals surface area contributed by atoms with Gasteiger partial charge in [0.25, 0.3) is 5.91 Å². The first kappa shape index (κ1) is 15.6. The first-order valence-corrected chi connectivity index (χ1v) is 8.50. The molecule has 2 aliphatic heterocycles. The lowest BCUT2D eigenvalue weighted by Gasteiger charge is -2.47. The summed E-state index contributed by atoms with van der Waals surface area (Å²) in [7, 11) is 0. The molecule has 1 amide bonds. The Labute approximate surface area is 134 Å². The molecule has 4 nitrogen and oxygen atoms in total. The van der Waals surface area contributed by atoms with Crippen molar-refractivity contribution in [1.29, 1.82) is 0 Å². The van der Waals surface area contributed by atoms with Crippen LogP contribution in [0.15, 0.2) is 24.3 Å². The molecule has 1 spiro atoms. The zero-order valence-corrected chi connectivity index (χ0v) is 13.4. The second-order valence-electron chi connectivity index (χ2n) is 5.77. The second kappa shape index (κ2) is 6.46. The number of nitrogens with zero attached hydrogens (tertiary/aromatic N) is 1. The summed E-state index contributed by atoms with van der Waals surface area (Å²) in [6.45, 7) is 4.30. The van der Waals surface area contributed by atoms with Gasteiger partial charge in [-0.15, -0.1) is 11.8 Å². The summed E-state index contributed by atoms with van der Waals surface area (Å²) in [5.74, 6) is 1.19. The van der Waals surface area contributed by atoms with Gasteiger partial charge in [0.2, 0.25) is 0 Å². The molecule has 2 saturated heterocycles. The third-order valence-electron chi connectivity index (χ3n) is 4.06. The van der Waals surface area contributed by atoms with E-state index in [1.165, 1.54) is 24.3 Å². The van der Waals surface area contributed by atoms with E-state index in [0.29, 0.717) is 11.9 Å². The Morgan fingerprint density at radius 3 is 2.82 bits per heavy atom. The van der Waals surface area contributed by atoms with Crippen LogP contribution in [0.4, 0.5) is 4.39 Å². The lowest BCUT2D eigenvalue weighted by atomic mass is 9.93. The Hall–Kier alpha value is -1.27. The highest BCUT2D eigenvalue weighted by molar-refractivity contribution is 8.01. The summed E-state index contributed by atoms with van der Waals surface area (Å²) in [4.78, 5) is 13.9. The summed E-state index contributed by atoms with van der Waals surface area (Å²) in [6, 6.07) is 5.70. The van der Waals surface area contributed by atoms with E-state index in [0.717, 1.165) is 31.9 Å². The third kappa shape index (κ3) is 3.38. The van der Waals surface area contributed by atoms with E-state index in [2.05, 4.69) is 0 Å². The molecule has 3 rings (SSSR count). The highest BCUT2D eigenvalue weighted by atomic mass is 32.2. The standard InChI is InChI=1S/C16H20FNO3S/c1-2-20-14-7-16(22-9-14)10-18(11-16)15(19)8-21-13-5-3-12(17)4-6-13/h3-6,14H,2,7-11H2,1H3. The first-order valence-electron chi connectivity index (χ1n) is 7.52. The predicted octanol–water partition coefficient (Wildman–Crippen LogP) is 2.33. The van der Waals surface area contributed by atoms with E-state index in [-0.39, 0.29) is 23.1 Å². The van der Waals surface area contributed by atoms with Crippen molar-refractivity contribution in [3.63, 3.8) is 0 Å². The lowest BCUT2D eigenvalue weighted by molar-refractivity contribution is -0.139. The molecule has 1 aromatic carbocycles. The topological polar surface area (TPSA) is 38.8 Å². The minimum Gasteiger partial charge on any atom is -0.484 e. The van der Waals surface area contributed by atoms with Gasteiger partial charge < -0.3 is 14.4 Å². The molecular formula is C16H20FNO3S. The average molecular weight is 325 g/mol. The Balaban J connectivity index is 1.43. The number of carbonyl (C=O) groups excluding carboxylic acids is 1. The average Bonchev–Trinajstić information content (AvgIpc) is 2.90. The number of hydrogen-bond donors (Lipinski definition) is 0. The highest BCUT2D eigenvalue weighted by Gasteiger charge is 2.50. The second-order valence-corrected chi connectivity index (χ2v) is 7.26. The van der Waals surface area contributed by atoms with Crippen molar-refractivity contribution >= 4 is 17.7 Å². The van der Waals surface area contributed by atoms with Crippen LogP contribution >= 0.6 is 11.8 Å². The molecule has 1 aromatic rings. The number of halogens is 1. The van der Waals surface area contributed by atoms with Crippen molar-refractivity contribution in [3.05, 3.63) is 30.1 Å². The maximum atomic E-state index is 12.8. The molecule has 0 bridgehead atoms. The van der Waals surface area contributed by atoms with Gasteiger partial charge in [-0.2, -0.15) is 0 Å².